The normalized spacial score (nSPS) is 35.9. The molecule has 0 saturated carbocycles. The van der Waals surface area contributed by atoms with Gasteiger partial charge in [-0.05, 0) is 6.92 Å². The van der Waals surface area contributed by atoms with Gasteiger partial charge in [0.1, 0.15) is 0 Å². The van der Waals surface area contributed by atoms with Crippen LogP contribution in [0.2, 0.25) is 0 Å². The van der Waals surface area contributed by atoms with E-state index in [0.29, 0.717) is 0 Å². The van der Waals surface area contributed by atoms with Crippen LogP contribution in [0.15, 0.2) is 0 Å². The van der Waals surface area contributed by atoms with Gasteiger partial charge in [-0.1, -0.05) is 0 Å². The monoisotopic (exact) mass is 264 g/mol. The number of alkyl halides is 1. The Bertz CT molecular complexity index is 321. The number of rotatable bonds is 3. The molecule has 0 aromatic rings. The molecule has 1 heterocycles. The first-order valence-corrected chi connectivity index (χ1v) is 5.53. The molecule has 7 heteroatoms. The number of hydrogen-bond acceptors (Lipinski definition) is 6. The molecule has 6 nitrogen and oxygen atoms in total. The van der Waals surface area contributed by atoms with Crippen LogP contribution in [-0.2, 0) is 28.5 Å². The van der Waals surface area contributed by atoms with Crippen LogP contribution >= 0.6 is 0 Å². The number of carbonyl (C=O) groups is 2. The Morgan fingerprint density at radius 1 is 1.11 bits per heavy atom. The molecule has 0 N–H and O–H groups in total. The molecule has 18 heavy (non-hydrogen) atoms. The molecule has 1 rings (SSSR count). The number of carbonyl (C=O) groups excluding carboxylic acids is 2. The minimum absolute atomic E-state index is 0.601. The fourth-order valence-corrected chi connectivity index (χ4v) is 1.83. The second-order valence-electron chi connectivity index (χ2n) is 4.04. The maximum absolute atomic E-state index is 14.0. The molecule has 104 valence electrons. The maximum Gasteiger partial charge on any atom is 0.303 e. The summed E-state index contributed by atoms with van der Waals surface area (Å²) in [5, 5.41) is 0. The number of hydrogen-bond donors (Lipinski definition) is 0. The Kier molecular flexibility index (Phi) is 5.03. The van der Waals surface area contributed by atoms with Crippen molar-refractivity contribution in [3.8, 4) is 0 Å². The minimum atomic E-state index is -1.72. The molecule has 0 aliphatic carbocycles. The average Bonchev–Trinajstić information content (AvgIpc) is 2.27. The SMILES string of the molecule is CO[C@H]1O[C@@H](C)[C@@H](OC(C)=O)[C@@H](OC(C)=O)[C@@H]1F. The Balaban J connectivity index is 2.89. The molecule has 0 aromatic heterocycles. The molecule has 0 aromatic carbocycles. The zero-order valence-electron chi connectivity index (χ0n) is 10.7. The molecule has 1 aliphatic rings. The summed E-state index contributed by atoms with van der Waals surface area (Å²) >= 11 is 0. The topological polar surface area (TPSA) is 71.1 Å². The van der Waals surface area contributed by atoms with Crippen LogP contribution in [0.4, 0.5) is 4.39 Å². The summed E-state index contributed by atoms with van der Waals surface area (Å²) in [6.45, 7) is 3.93. The summed E-state index contributed by atoms with van der Waals surface area (Å²) in [7, 11) is 1.28. The third-order valence-electron chi connectivity index (χ3n) is 2.55. The van der Waals surface area contributed by atoms with Gasteiger partial charge in [0.25, 0.3) is 0 Å². The molecule has 0 bridgehead atoms. The highest BCUT2D eigenvalue weighted by molar-refractivity contribution is 5.67. The van der Waals surface area contributed by atoms with Gasteiger partial charge in [-0.25, -0.2) is 4.39 Å². The second-order valence-corrected chi connectivity index (χ2v) is 4.04. The molecule has 1 saturated heterocycles. The number of halogens is 1. The van der Waals surface area contributed by atoms with E-state index in [9.17, 15) is 14.0 Å². The minimum Gasteiger partial charge on any atom is -0.456 e. The molecule has 0 spiro atoms. The van der Waals surface area contributed by atoms with Gasteiger partial charge in [0.05, 0.1) is 6.10 Å². The number of ether oxygens (including phenoxy) is 4. The van der Waals surface area contributed by atoms with Crippen molar-refractivity contribution < 1.29 is 32.9 Å². The maximum atomic E-state index is 14.0. The molecule has 1 aliphatic heterocycles. The second kappa shape index (κ2) is 6.10. The summed E-state index contributed by atoms with van der Waals surface area (Å²) in [4.78, 5) is 22.0. The number of esters is 2. The summed E-state index contributed by atoms with van der Waals surface area (Å²) in [5.41, 5.74) is 0. The fourth-order valence-electron chi connectivity index (χ4n) is 1.83. The number of methoxy groups -OCH3 is 1. The van der Waals surface area contributed by atoms with Gasteiger partial charge in [-0.2, -0.15) is 0 Å². The van der Waals surface area contributed by atoms with Crippen LogP contribution in [0.25, 0.3) is 0 Å². The van der Waals surface area contributed by atoms with E-state index < -0.39 is 42.7 Å². The van der Waals surface area contributed by atoms with Crippen molar-refractivity contribution >= 4 is 11.9 Å². The van der Waals surface area contributed by atoms with Gasteiger partial charge in [0, 0.05) is 21.0 Å². The Hall–Kier alpha value is -1.21. The molecular weight excluding hydrogens is 247 g/mol. The highest BCUT2D eigenvalue weighted by Gasteiger charge is 2.49. The third-order valence-corrected chi connectivity index (χ3v) is 2.55. The highest BCUT2D eigenvalue weighted by Crippen LogP contribution is 2.28. The van der Waals surface area contributed by atoms with Crippen LogP contribution in [0, 0.1) is 0 Å². The van der Waals surface area contributed by atoms with Crippen LogP contribution in [0.5, 0.6) is 0 Å². The zero-order chi connectivity index (χ0) is 13.9. The quantitative estimate of drug-likeness (QED) is 0.694. The highest BCUT2D eigenvalue weighted by atomic mass is 19.1. The molecule has 0 amide bonds. The third kappa shape index (κ3) is 3.39. The van der Waals surface area contributed by atoms with Crippen molar-refractivity contribution in [1.82, 2.24) is 0 Å². The lowest BCUT2D eigenvalue weighted by Crippen LogP contribution is -2.58. The van der Waals surface area contributed by atoms with Gasteiger partial charge in [-0.15, -0.1) is 0 Å². The average molecular weight is 264 g/mol. The van der Waals surface area contributed by atoms with Crippen molar-refractivity contribution in [3.05, 3.63) is 0 Å². The van der Waals surface area contributed by atoms with Crippen LogP contribution in [-0.4, -0.2) is 49.8 Å². The van der Waals surface area contributed by atoms with Gasteiger partial charge in [0.15, 0.2) is 24.7 Å². The van der Waals surface area contributed by atoms with E-state index in [4.69, 9.17) is 18.9 Å². The first-order chi connectivity index (χ1) is 8.36. The molecule has 0 unspecified atom stereocenters. The van der Waals surface area contributed by atoms with E-state index >= 15 is 0 Å². The van der Waals surface area contributed by atoms with Crippen molar-refractivity contribution in [2.24, 2.45) is 0 Å². The first kappa shape index (κ1) is 14.8. The molecule has 0 radical (unpaired) electrons. The van der Waals surface area contributed by atoms with E-state index in [1.165, 1.54) is 14.0 Å². The summed E-state index contributed by atoms with van der Waals surface area (Å²) < 4.78 is 33.9. The van der Waals surface area contributed by atoms with Gasteiger partial charge in [0.2, 0.25) is 0 Å². The van der Waals surface area contributed by atoms with Crippen molar-refractivity contribution in [2.45, 2.75) is 51.5 Å². The standard InChI is InChI=1S/C11H17FO6/c1-5-9(17-6(2)13)10(18-7(3)14)8(12)11(15-4)16-5/h5,8-11H,1-4H3/t5-,8-,9+,10-,11-/m0/s1. The van der Waals surface area contributed by atoms with E-state index in [1.54, 1.807) is 6.92 Å². The zero-order valence-corrected chi connectivity index (χ0v) is 10.7. The van der Waals surface area contributed by atoms with Crippen molar-refractivity contribution in [1.29, 1.82) is 0 Å². The summed E-state index contributed by atoms with van der Waals surface area (Å²) in [6, 6.07) is 0. The van der Waals surface area contributed by atoms with Crippen LogP contribution in [0.3, 0.4) is 0 Å². The molecular formula is C11H17FO6. The summed E-state index contributed by atoms with van der Waals surface area (Å²) in [6.07, 6.45) is -5.75. The van der Waals surface area contributed by atoms with E-state index in [-0.39, 0.29) is 0 Å². The predicted octanol–water partition coefficient (Wildman–Crippen LogP) is 0.579. The Labute approximate surface area is 104 Å². The summed E-state index contributed by atoms with van der Waals surface area (Å²) in [5.74, 6) is -1.26. The largest absolute Gasteiger partial charge is 0.456 e. The smallest absolute Gasteiger partial charge is 0.303 e. The first-order valence-electron chi connectivity index (χ1n) is 5.53. The van der Waals surface area contributed by atoms with Crippen LogP contribution < -0.4 is 0 Å². The fraction of sp³-hybridized carbons (Fsp3) is 0.818. The lowest BCUT2D eigenvalue weighted by molar-refractivity contribution is -0.277. The van der Waals surface area contributed by atoms with Crippen molar-refractivity contribution in [2.75, 3.05) is 7.11 Å². The van der Waals surface area contributed by atoms with Gasteiger partial charge >= 0.3 is 11.9 Å². The van der Waals surface area contributed by atoms with Gasteiger partial charge < -0.3 is 18.9 Å². The molecule has 5 atom stereocenters. The van der Waals surface area contributed by atoms with Gasteiger partial charge in [-0.3, -0.25) is 9.59 Å². The molecule has 1 fully saturated rings. The van der Waals surface area contributed by atoms with E-state index in [2.05, 4.69) is 0 Å². The lowest BCUT2D eigenvalue weighted by atomic mass is 10.0. The van der Waals surface area contributed by atoms with E-state index in [1.807, 2.05) is 0 Å². The predicted molar refractivity (Wildman–Crippen MR) is 57.3 cm³/mol. The van der Waals surface area contributed by atoms with E-state index in [0.717, 1.165) is 6.92 Å². The Morgan fingerprint density at radius 3 is 2.06 bits per heavy atom. The lowest BCUT2D eigenvalue weighted by Gasteiger charge is -2.40. The Morgan fingerprint density at radius 2 is 1.61 bits per heavy atom. The van der Waals surface area contributed by atoms with Crippen LogP contribution in [0.1, 0.15) is 20.8 Å². The van der Waals surface area contributed by atoms with Crippen molar-refractivity contribution in [3.63, 3.8) is 0 Å².